The molecule has 3 rings (SSSR count). The summed E-state index contributed by atoms with van der Waals surface area (Å²) in [4.78, 5) is 24.0. The number of alkyl halides is 2. The monoisotopic (exact) mass is 356 g/mol. The standard InChI is InChI=1S/C16H22F2N4O3/c1-2-3-19-15(24)13-11-4-10(25-8-12(11)21-22-13)7-20-14(23)9-5-16(17,18)6-9/h9-10H,2-8H2,1H3,(H,19,24)(H,20,23)(H,21,22). The maximum Gasteiger partial charge on any atom is 0.272 e. The molecule has 1 aliphatic carbocycles. The number of halogens is 2. The van der Waals surface area contributed by atoms with Gasteiger partial charge in [-0.1, -0.05) is 6.92 Å². The number of aromatic amines is 1. The van der Waals surface area contributed by atoms with Gasteiger partial charge in [0.15, 0.2) is 5.69 Å². The summed E-state index contributed by atoms with van der Waals surface area (Å²) in [6, 6.07) is 0. The Morgan fingerprint density at radius 2 is 2.12 bits per heavy atom. The molecule has 1 aromatic heterocycles. The van der Waals surface area contributed by atoms with Crippen LogP contribution in [0.1, 0.15) is 47.9 Å². The minimum Gasteiger partial charge on any atom is -0.370 e. The highest BCUT2D eigenvalue weighted by Crippen LogP contribution is 2.42. The first-order valence-electron chi connectivity index (χ1n) is 8.51. The molecule has 3 N–H and O–H groups in total. The van der Waals surface area contributed by atoms with E-state index in [9.17, 15) is 18.4 Å². The van der Waals surface area contributed by atoms with Gasteiger partial charge in [0.25, 0.3) is 5.91 Å². The van der Waals surface area contributed by atoms with E-state index in [0.717, 1.165) is 17.7 Å². The van der Waals surface area contributed by atoms with Crippen LogP contribution in [0.15, 0.2) is 0 Å². The number of nitrogens with zero attached hydrogens (tertiary/aromatic N) is 1. The fourth-order valence-electron chi connectivity index (χ4n) is 3.07. The number of hydrogen-bond acceptors (Lipinski definition) is 4. The molecular weight excluding hydrogens is 334 g/mol. The lowest BCUT2D eigenvalue weighted by molar-refractivity contribution is -0.150. The summed E-state index contributed by atoms with van der Waals surface area (Å²) < 4.78 is 31.3. The smallest absolute Gasteiger partial charge is 0.272 e. The van der Waals surface area contributed by atoms with E-state index in [1.54, 1.807) is 0 Å². The normalized spacial score (nSPS) is 22.0. The van der Waals surface area contributed by atoms with Gasteiger partial charge in [-0.3, -0.25) is 14.7 Å². The molecule has 138 valence electrons. The molecule has 7 nitrogen and oxygen atoms in total. The van der Waals surface area contributed by atoms with Crippen LogP contribution in [-0.2, 0) is 22.6 Å². The number of fused-ring (bicyclic) bond motifs is 1. The lowest BCUT2D eigenvalue weighted by Gasteiger charge is -2.34. The average molecular weight is 356 g/mol. The number of hydrogen-bond donors (Lipinski definition) is 3. The number of nitrogens with one attached hydrogen (secondary N) is 3. The van der Waals surface area contributed by atoms with E-state index in [0.29, 0.717) is 18.7 Å². The van der Waals surface area contributed by atoms with Crippen LogP contribution in [-0.4, -0.2) is 47.1 Å². The number of carbonyl (C=O) groups excluding carboxylic acids is 2. The summed E-state index contributed by atoms with van der Waals surface area (Å²) in [5, 5.41) is 12.3. The Hall–Kier alpha value is -2.03. The Balaban J connectivity index is 1.53. The van der Waals surface area contributed by atoms with Crippen LogP contribution in [0.2, 0.25) is 0 Å². The third-order valence-corrected chi connectivity index (χ3v) is 4.56. The SMILES string of the molecule is CCCNC(=O)c1n[nH]c2c1CC(CNC(=O)C1CC(F)(F)C1)OC2. The van der Waals surface area contributed by atoms with Crippen molar-refractivity contribution < 1.29 is 23.1 Å². The zero-order valence-electron chi connectivity index (χ0n) is 14.0. The number of ether oxygens (including phenoxy) is 1. The Morgan fingerprint density at radius 3 is 2.80 bits per heavy atom. The van der Waals surface area contributed by atoms with E-state index in [2.05, 4.69) is 20.8 Å². The molecule has 1 fully saturated rings. The summed E-state index contributed by atoms with van der Waals surface area (Å²) in [7, 11) is 0. The van der Waals surface area contributed by atoms with E-state index in [1.807, 2.05) is 6.92 Å². The van der Waals surface area contributed by atoms with Gasteiger partial charge in [-0.05, 0) is 6.42 Å². The summed E-state index contributed by atoms with van der Waals surface area (Å²) in [6.07, 6.45) is 0.168. The van der Waals surface area contributed by atoms with Crippen LogP contribution in [0.4, 0.5) is 8.78 Å². The van der Waals surface area contributed by atoms with Crippen LogP contribution in [0.25, 0.3) is 0 Å². The zero-order valence-corrected chi connectivity index (χ0v) is 14.0. The largest absolute Gasteiger partial charge is 0.370 e. The van der Waals surface area contributed by atoms with Crippen LogP contribution in [0.3, 0.4) is 0 Å². The molecular formula is C16H22F2N4O3. The lowest BCUT2D eigenvalue weighted by atomic mass is 9.81. The van der Waals surface area contributed by atoms with E-state index < -0.39 is 24.7 Å². The topological polar surface area (TPSA) is 96.1 Å². The van der Waals surface area contributed by atoms with E-state index >= 15 is 0 Å². The van der Waals surface area contributed by atoms with E-state index in [-0.39, 0.29) is 31.1 Å². The molecule has 0 spiro atoms. The number of rotatable bonds is 6. The Bertz CT molecular complexity index is 654. The predicted molar refractivity (Wildman–Crippen MR) is 84.2 cm³/mol. The molecule has 1 atom stereocenters. The summed E-state index contributed by atoms with van der Waals surface area (Å²) in [6.45, 7) is 3.03. The second kappa shape index (κ2) is 7.07. The Kier molecular flexibility index (Phi) is 5.03. The second-order valence-electron chi connectivity index (χ2n) is 6.63. The van der Waals surface area contributed by atoms with Crippen molar-refractivity contribution in [2.75, 3.05) is 13.1 Å². The van der Waals surface area contributed by atoms with Crippen LogP contribution < -0.4 is 10.6 Å². The molecule has 2 heterocycles. The summed E-state index contributed by atoms with van der Waals surface area (Å²) in [5.41, 5.74) is 1.89. The first kappa shape index (κ1) is 17.8. The van der Waals surface area contributed by atoms with Gasteiger partial charge in [-0.2, -0.15) is 5.10 Å². The van der Waals surface area contributed by atoms with Gasteiger partial charge < -0.3 is 15.4 Å². The van der Waals surface area contributed by atoms with Gasteiger partial charge >= 0.3 is 0 Å². The van der Waals surface area contributed by atoms with Crippen LogP contribution >= 0.6 is 0 Å². The first-order chi connectivity index (χ1) is 11.9. The molecule has 1 unspecified atom stereocenters. The van der Waals surface area contributed by atoms with Gasteiger partial charge in [0.05, 0.1) is 18.4 Å². The predicted octanol–water partition coefficient (Wildman–Crippen LogP) is 1.15. The second-order valence-corrected chi connectivity index (χ2v) is 6.63. The highest BCUT2D eigenvalue weighted by molar-refractivity contribution is 5.94. The van der Waals surface area contributed by atoms with Crippen molar-refractivity contribution in [1.29, 1.82) is 0 Å². The van der Waals surface area contributed by atoms with Crippen molar-refractivity contribution in [2.24, 2.45) is 5.92 Å². The van der Waals surface area contributed by atoms with Gasteiger partial charge in [-0.15, -0.1) is 0 Å². The highest BCUT2D eigenvalue weighted by Gasteiger charge is 2.48. The van der Waals surface area contributed by atoms with Crippen LogP contribution in [0.5, 0.6) is 0 Å². The molecule has 9 heteroatoms. The average Bonchev–Trinajstić information content (AvgIpc) is 2.98. The number of H-pyrrole nitrogens is 1. The number of aromatic nitrogens is 2. The van der Waals surface area contributed by atoms with Gasteiger partial charge in [0, 0.05) is 43.8 Å². The molecule has 0 saturated heterocycles. The maximum atomic E-state index is 12.8. The van der Waals surface area contributed by atoms with Crippen molar-refractivity contribution in [3.8, 4) is 0 Å². The van der Waals surface area contributed by atoms with Crippen molar-refractivity contribution in [1.82, 2.24) is 20.8 Å². The Labute approximate surface area is 143 Å². The van der Waals surface area contributed by atoms with Crippen LogP contribution in [0, 0.1) is 5.92 Å². The zero-order chi connectivity index (χ0) is 18.0. The van der Waals surface area contributed by atoms with E-state index in [4.69, 9.17) is 4.74 Å². The van der Waals surface area contributed by atoms with Crippen molar-refractivity contribution in [3.63, 3.8) is 0 Å². The third kappa shape index (κ3) is 3.97. The fraction of sp³-hybridized carbons (Fsp3) is 0.688. The molecule has 2 aliphatic rings. The summed E-state index contributed by atoms with van der Waals surface area (Å²) >= 11 is 0. The molecule has 0 aromatic carbocycles. The lowest BCUT2D eigenvalue weighted by Crippen LogP contribution is -2.47. The summed E-state index contributed by atoms with van der Waals surface area (Å²) in [5.74, 6) is -3.94. The molecule has 2 amide bonds. The Morgan fingerprint density at radius 1 is 1.36 bits per heavy atom. The number of carbonyl (C=O) groups is 2. The van der Waals surface area contributed by atoms with Gasteiger partial charge in [-0.25, -0.2) is 8.78 Å². The molecule has 1 aliphatic heterocycles. The quantitative estimate of drug-likeness (QED) is 0.712. The molecule has 1 aromatic rings. The third-order valence-electron chi connectivity index (χ3n) is 4.56. The highest BCUT2D eigenvalue weighted by atomic mass is 19.3. The molecule has 1 saturated carbocycles. The van der Waals surface area contributed by atoms with Gasteiger partial charge in [0.1, 0.15) is 0 Å². The molecule has 0 bridgehead atoms. The van der Waals surface area contributed by atoms with Crippen molar-refractivity contribution in [3.05, 3.63) is 17.0 Å². The molecule has 25 heavy (non-hydrogen) atoms. The van der Waals surface area contributed by atoms with E-state index in [1.165, 1.54) is 0 Å². The van der Waals surface area contributed by atoms with Gasteiger partial charge in [0.2, 0.25) is 11.8 Å². The minimum atomic E-state index is -2.71. The first-order valence-corrected chi connectivity index (χ1v) is 8.51. The fourth-order valence-corrected chi connectivity index (χ4v) is 3.07. The van der Waals surface area contributed by atoms with Crippen molar-refractivity contribution >= 4 is 11.8 Å². The number of amides is 2. The van der Waals surface area contributed by atoms with Crippen molar-refractivity contribution in [2.45, 2.75) is 51.2 Å². The molecule has 0 radical (unpaired) electrons. The minimum absolute atomic E-state index is 0.224. The maximum absolute atomic E-state index is 12.8.